The van der Waals surface area contributed by atoms with E-state index in [0.29, 0.717) is 13.1 Å². The number of rotatable bonds is 2. The van der Waals surface area contributed by atoms with E-state index in [1.807, 2.05) is 0 Å². The lowest BCUT2D eigenvalue weighted by molar-refractivity contribution is -0.136. The molecule has 0 saturated carbocycles. The third-order valence-electron chi connectivity index (χ3n) is 6.43. The Morgan fingerprint density at radius 3 is 2.34 bits per heavy atom. The Morgan fingerprint density at radius 1 is 0.931 bits per heavy atom. The van der Waals surface area contributed by atoms with Crippen molar-refractivity contribution in [2.45, 2.75) is 50.4 Å². The standard InChI is InChI=1S/C19H19F3N4O3/c20-14-13-10(7-26(19(13)29)11-3-4-12(27)24-18(11)28)17(16(22)15(14)21)25-6-8-1-2-9(25)5-23-8/h8-9,11,23H,1-7H2,(H,24,27,28). The van der Waals surface area contributed by atoms with Gasteiger partial charge in [0.1, 0.15) is 6.04 Å². The zero-order chi connectivity index (χ0) is 20.4. The smallest absolute Gasteiger partial charge is 0.258 e. The number of halogens is 3. The number of imide groups is 1. The van der Waals surface area contributed by atoms with E-state index >= 15 is 0 Å². The molecule has 5 aliphatic rings. The highest BCUT2D eigenvalue weighted by Gasteiger charge is 2.46. The van der Waals surface area contributed by atoms with Gasteiger partial charge >= 0.3 is 0 Å². The molecule has 2 N–H and O–H groups in total. The van der Waals surface area contributed by atoms with E-state index in [1.165, 1.54) is 0 Å². The minimum Gasteiger partial charge on any atom is -0.363 e. The van der Waals surface area contributed by atoms with Crippen LogP contribution in [0.15, 0.2) is 0 Å². The fraction of sp³-hybridized carbons (Fsp3) is 0.526. The summed E-state index contributed by atoms with van der Waals surface area (Å²) >= 11 is 0. The van der Waals surface area contributed by atoms with Crippen LogP contribution in [0.3, 0.4) is 0 Å². The van der Waals surface area contributed by atoms with E-state index in [1.54, 1.807) is 4.90 Å². The number of carbonyl (C=O) groups excluding carboxylic acids is 3. The molecule has 2 bridgehead atoms. The topological polar surface area (TPSA) is 81.8 Å². The molecule has 6 rings (SSSR count). The van der Waals surface area contributed by atoms with Crippen LogP contribution in [-0.2, 0) is 16.1 Å². The molecule has 3 unspecified atom stereocenters. The summed E-state index contributed by atoms with van der Waals surface area (Å²) in [5.41, 5.74) is -0.528. The van der Waals surface area contributed by atoms with Gasteiger partial charge < -0.3 is 15.1 Å². The van der Waals surface area contributed by atoms with Gasteiger partial charge in [-0.15, -0.1) is 0 Å². The Hall–Kier alpha value is -2.62. The number of fused-ring (bicyclic) bond motifs is 4. The van der Waals surface area contributed by atoms with E-state index in [-0.39, 0.29) is 42.7 Å². The van der Waals surface area contributed by atoms with Crippen molar-refractivity contribution in [3.63, 3.8) is 0 Å². The number of carbonyl (C=O) groups is 3. The van der Waals surface area contributed by atoms with E-state index in [0.717, 1.165) is 17.7 Å². The molecule has 154 valence electrons. The maximum atomic E-state index is 14.9. The average Bonchev–Trinajstić information content (AvgIpc) is 3.04. The van der Waals surface area contributed by atoms with E-state index < -0.39 is 46.8 Å². The summed E-state index contributed by atoms with van der Waals surface area (Å²) in [6.07, 6.45) is 1.83. The molecule has 4 fully saturated rings. The summed E-state index contributed by atoms with van der Waals surface area (Å²) in [5.74, 6) is -6.46. The second-order valence-corrected chi connectivity index (χ2v) is 8.03. The van der Waals surface area contributed by atoms with Gasteiger partial charge in [-0.25, -0.2) is 13.2 Å². The quantitative estimate of drug-likeness (QED) is 0.559. The van der Waals surface area contributed by atoms with E-state index in [9.17, 15) is 27.6 Å². The summed E-state index contributed by atoms with van der Waals surface area (Å²) in [6.45, 7) is 0.833. The Morgan fingerprint density at radius 2 is 1.72 bits per heavy atom. The first kappa shape index (κ1) is 18.4. The fourth-order valence-electron chi connectivity index (χ4n) is 4.97. The first-order chi connectivity index (χ1) is 13.9. The maximum Gasteiger partial charge on any atom is 0.258 e. The van der Waals surface area contributed by atoms with E-state index in [4.69, 9.17) is 0 Å². The predicted octanol–water partition coefficient (Wildman–Crippen LogP) is 0.806. The normalized spacial score (nSPS) is 28.8. The van der Waals surface area contributed by atoms with Crippen LogP contribution in [0.4, 0.5) is 18.9 Å². The minimum atomic E-state index is -1.67. The summed E-state index contributed by atoms with van der Waals surface area (Å²) in [5, 5.41) is 5.48. The SMILES string of the molecule is O=C1CCC(N2Cc3c(c(F)c(F)c(F)c3N3CC4CCC3CN4)C2=O)C(=O)N1. The van der Waals surface area contributed by atoms with Gasteiger partial charge in [0.05, 0.1) is 11.3 Å². The predicted molar refractivity (Wildman–Crippen MR) is 94.5 cm³/mol. The van der Waals surface area contributed by atoms with Crippen LogP contribution in [0.5, 0.6) is 0 Å². The molecule has 5 heterocycles. The van der Waals surface area contributed by atoms with Gasteiger partial charge in [0.2, 0.25) is 11.8 Å². The fourth-order valence-corrected chi connectivity index (χ4v) is 4.97. The van der Waals surface area contributed by atoms with Crippen molar-refractivity contribution >= 4 is 23.4 Å². The molecule has 0 spiro atoms. The van der Waals surface area contributed by atoms with Crippen molar-refractivity contribution in [1.82, 2.24) is 15.5 Å². The van der Waals surface area contributed by atoms with Crippen LogP contribution in [0.2, 0.25) is 0 Å². The summed E-state index contributed by atoms with van der Waals surface area (Å²) in [7, 11) is 0. The highest BCUT2D eigenvalue weighted by molar-refractivity contribution is 6.06. The molecule has 4 saturated heterocycles. The van der Waals surface area contributed by atoms with Crippen molar-refractivity contribution in [2.75, 3.05) is 18.0 Å². The number of nitrogens with zero attached hydrogens (tertiary/aromatic N) is 2. The van der Waals surface area contributed by atoms with Crippen molar-refractivity contribution in [1.29, 1.82) is 0 Å². The van der Waals surface area contributed by atoms with E-state index in [2.05, 4.69) is 10.6 Å². The van der Waals surface area contributed by atoms with Gasteiger partial charge in [0, 0.05) is 43.7 Å². The molecule has 29 heavy (non-hydrogen) atoms. The molecule has 0 radical (unpaired) electrons. The Balaban J connectivity index is 1.58. The van der Waals surface area contributed by atoms with Gasteiger partial charge in [-0.1, -0.05) is 0 Å². The number of amides is 3. The third-order valence-corrected chi connectivity index (χ3v) is 6.43. The van der Waals surface area contributed by atoms with Gasteiger partial charge in [-0.2, -0.15) is 0 Å². The van der Waals surface area contributed by atoms with Crippen LogP contribution in [0, 0.1) is 17.5 Å². The molecule has 0 aliphatic carbocycles. The molecule has 1 aromatic carbocycles. The van der Waals surface area contributed by atoms with Crippen molar-refractivity contribution in [2.24, 2.45) is 0 Å². The zero-order valence-corrected chi connectivity index (χ0v) is 15.4. The minimum absolute atomic E-state index is 0.0378. The number of hydrogen-bond donors (Lipinski definition) is 2. The van der Waals surface area contributed by atoms with Crippen molar-refractivity contribution < 1.29 is 27.6 Å². The molecule has 0 aromatic heterocycles. The van der Waals surface area contributed by atoms with Gasteiger partial charge in [0.25, 0.3) is 5.91 Å². The summed E-state index contributed by atoms with van der Waals surface area (Å²) in [6, 6.07) is -0.944. The third kappa shape index (κ3) is 2.65. The summed E-state index contributed by atoms with van der Waals surface area (Å²) < 4.78 is 43.9. The lowest BCUT2D eigenvalue weighted by Gasteiger charge is -2.47. The van der Waals surface area contributed by atoms with Crippen LogP contribution < -0.4 is 15.5 Å². The molecule has 3 atom stereocenters. The molecule has 7 nitrogen and oxygen atoms in total. The first-order valence-electron chi connectivity index (χ1n) is 9.70. The monoisotopic (exact) mass is 408 g/mol. The molecule has 3 amide bonds. The lowest BCUT2D eigenvalue weighted by atomic mass is 9.91. The largest absolute Gasteiger partial charge is 0.363 e. The average molecular weight is 408 g/mol. The second kappa shape index (κ2) is 6.45. The molecule has 1 aromatic rings. The van der Waals surface area contributed by atoms with Gasteiger partial charge in [-0.05, 0) is 19.3 Å². The molecular weight excluding hydrogens is 389 g/mol. The molecule has 5 aliphatic heterocycles. The number of piperidine rings is 3. The van der Waals surface area contributed by atoms with Gasteiger partial charge in [-0.3, -0.25) is 19.7 Å². The van der Waals surface area contributed by atoms with Crippen LogP contribution >= 0.6 is 0 Å². The number of anilines is 1. The molecular formula is C19H19F3N4O3. The highest BCUT2D eigenvalue weighted by atomic mass is 19.2. The van der Waals surface area contributed by atoms with Crippen LogP contribution in [-0.4, -0.2) is 53.8 Å². The number of piperazine rings is 1. The highest BCUT2D eigenvalue weighted by Crippen LogP contribution is 2.41. The van der Waals surface area contributed by atoms with Crippen LogP contribution in [0.25, 0.3) is 0 Å². The first-order valence-corrected chi connectivity index (χ1v) is 9.70. The Bertz CT molecular complexity index is 945. The number of nitrogens with one attached hydrogen (secondary N) is 2. The Labute approximate surface area is 164 Å². The maximum absolute atomic E-state index is 14.9. The van der Waals surface area contributed by atoms with Crippen molar-refractivity contribution in [3.8, 4) is 0 Å². The second-order valence-electron chi connectivity index (χ2n) is 8.03. The number of hydrogen-bond acceptors (Lipinski definition) is 5. The zero-order valence-electron chi connectivity index (χ0n) is 15.4. The number of benzene rings is 1. The lowest BCUT2D eigenvalue weighted by Crippen LogP contribution is -2.61. The van der Waals surface area contributed by atoms with Gasteiger partial charge in [0.15, 0.2) is 17.5 Å². The molecule has 10 heteroatoms. The Kier molecular flexibility index (Phi) is 4.09. The van der Waals surface area contributed by atoms with Crippen molar-refractivity contribution in [3.05, 3.63) is 28.6 Å². The summed E-state index contributed by atoms with van der Waals surface area (Å²) in [4.78, 5) is 39.4. The van der Waals surface area contributed by atoms with Crippen LogP contribution in [0.1, 0.15) is 41.6 Å².